The summed E-state index contributed by atoms with van der Waals surface area (Å²) >= 11 is 0. The smallest absolute Gasteiger partial charge is 0.0900 e. The summed E-state index contributed by atoms with van der Waals surface area (Å²) in [6, 6.07) is 10.6. The lowest BCUT2D eigenvalue weighted by Gasteiger charge is -2.39. The van der Waals surface area contributed by atoms with Gasteiger partial charge in [-0.05, 0) is 42.7 Å². The molecular formula is C22H36N2O2. The van der Waals surface area contributed by atoms with Crippen LogP contribution in [0, 0.1) is 11.3 Å². The van der Waals surface area contributed by atoms with Crippen LogP contribution in [0.2, 0.25) is 0 Å². The summed E-state index contributed by atoms with van der Waals surface area (Å²) in [6.07, 6.45) is 3.43. The summed E-state index contributed by atoms with van der Waals surface area (Å²) in [5.74, 6) is 0.715. The molecule has 4 heteroatoms. The van der Waals surface area contributed by atoms with E-state index in [-0.39, 0.29) is 0 Å². The van der Waals surface area contributed by atoms with Crippen LogP contribution in [0.15, 0.2) is 30.3 Å². The number of para-hydroxylation sites is 1. The number of rotatable bonds is 6. The third-order valence-electron chi connectivity index (χ3n) is 5.83. The lowest BCUT2D eigenvalue weighted by Crippen LogP contribution is -2.49. The van der Waals surface area contributed by atoms with Gasteiger partial charge < -0.3 is 14.7 Å². The average molecular weight is 361 g/mol. The van der Waals surface area contributed by atoms with Crippen molar-refractivity contribution in [1.82, 2.24) is 4.90 Å². The number of hydrogen-bond donors (Lipinski definition) is 1. The first-order valence-electron chi connectivity index (χ1n) is 10.2. The van der Waals surface area contributed by atoms with Gasteiger partial charge in [0.1, 0.15) is 0 Å². The van der Waals surface area contributed by atoms with Gasteiger partial charge in [0.15, 0.2) is 0 Å². The van der Waals surface area contributed by atoms with Gasteiger partial charge in [-0.3, -0.25) is 4.90 Å². The van der Waals surface area contributed by atoms with E-state index in [1.807, 2.05) is 0 Å². The SMILES string of the molecule is C[C@@H]1C[C@H](OC[C@H](O)CN2CCN(c3ccccc3)CC2)CC(C)(C)C1. The summed E-state index contributed by atoms with van der Waals surface area (Å²) in [5, 5.41) is 10.4. The van der Waals surface area contributed by atoms with Gasteiger partial charge in [-0.2, -0.15) is 0 Å². The van der Waals surface area contributed by atoms with Crippen molar-refractivity contribution in [3.63, 3.8) is 0 Å². The van der Waals surface area contributed by atoms with Crippen molar-refractivity contribution >= 4 is 5.69 Å². The van der Waals surface area contributed by atoms with Crippen LogP contribution < -0.4 is 4.90 Å². The molecule has 3 atom stereocenters. The number of piperazine rings is 1. The molecule has 4 nitrogen and oxygen atoms in total. The highest BCUT2D eigenvalue weighted by Crippen LogP contribution is 2.39. The molecule has 3 rings (SSSR count). The zero-order valence-electron chi connectivity index (χ0n) is 16.7. The molecule has 0 aromatic heterocycles. The van der Waals surface area contributed by atoms with Gasteiger partial charge in [-0.15, -0.1) is 0 Å². The number of β-amino-alcohol motifs (C(OH)–C–C–N with tert-alkyl or cyclic N) is 1. The molecule has 1 aliphatic carbocycles. The third kappa shape index (κ3) is 5.70. The highest BCUT2D eigenvalue weighted by atomic mass is 16.5. The molecule has 26 heavy (non-hydrogen) atoms. The standard InChI is InChI=1S/C22H36N2O2/c1-18-13-21(15-22(2,3)14-18)26-17-20(25)16-23-9-11-24(12-10-23)19-7-5-4-6-8-19/h4-8,18,20-21,25H,9-17H2,1-3H3/t18-,20-,21+/m1/s1. The van der Waals surface area contributed by atoms with E-state index < -0.39 is 6.10 Å². The number of aliphatic hydroxyl groups excluding tert-OH is 1. The van der Waals surface area contributed by atoms with E-state index in [1.54, 1.807) is 0 Å². The fraction of sp³-hybridized carbons (Fsp3) is 0.727. The van der Waals surface area contributed by atoms with E-state index in [4.69, 9.17) is 4.74 Å². The van der Waals surface area contributed by atoms with Crippen LogP contribution in [-0.4, -0.2) is 61.5 Å². The Morgan fingerprint density at radius 2 is 1.81 bits per heavy atom. The highest BCUT2D eigenvalue weighted by Gasteiger charge is 2.32. The van der Waals surface area contributed by atoms with Crippen LogP contribution in [0.3, 0.4) is 0 Å². The Morgan fingerprint density at radius 1 is 1.12 bits per heavy atom. The minimum atomic E-state index is -0.390. The van der Waals surface area contributed by atoms with Crippen LogP contribution >= 0.6 is 0 Å². The summed E-state index contributed by atoms with van der Waals surface area (Å²) in [5.41, 5.74) is 1.66. The Bertz CT molecular complexity index is 540. The van der Waals surface area contributed by atoms with E-state index in [2.05, 4.69) is 60.9 Å². The van der Waals surface area contributed by atoms with E-state index in [0.717, 1.165) is 39.0 Å². The van der Waals surface area contributed by atoms with E-state index in [1.165, 1.54) is 12.1 Å². The maximum absolute atomic E-state index is 10.4. The maximum atomic E-state index is 10.4. The maximum Gasteiger partial charge on any atom is 0.0900 e. The number of anilines is 1. The molecule has 0 unspecified atom stereocenters. The van der Waals surface area contributed by atoms with Gasteiger partial charge in [0.05, 0.1) is 18.8 Å². The second-order valence-electron chi connectivity index (χ2n) is 9.15. The zero-order valence-corrected chi connectivity index (χ0v) is 16.7. The molecule has 2 fully saturated rings. The van der Waals surface area contributed by atoms with Crippen molar-refractivity contribution in [2.24, 2.45) is 11.3 Å². The summed E-state index contributed by atoms with van der Waals surface area (Å²) in [6.45, 7) is 12.2. The van der Waals surface area contributed by atoms with Gasteiger partial charge in [-0.25, -0.2) is 0 Å². The molecular weight excluding hydrogens is 324 g/mol. The predicted molar refractivity (Wildman–Crippen MR) is 108 cm³/mol. The van der Waals surface area contributed by atoms with Gasteiger partial charge in [0.2, 0.25) is 0 Å². The monoisotopic (exact) mass is 360 g/mol. The molecule has 0 radical (unpaired) electrons. The van der Waals surface area contributed by atoms with Crippen molar-refractivity contribution in [2.45, 2.75) is 52.2 Å². The summed E-state index contributed by atoms with van der Waals surface area (Å²) in [4.78, 5) is 4.78. The molecule has 1 saturated heterocycles. The third-order valence-corrected chi connectivity index (χ3v) is 5.83. The Balaban J connectivity index is 1.37. The van der Waals surface area contributed by atoms with Crippen LogP contribution in [0.4, 0.5) is 5.69 Å². The van der Waals surface area contributed by atoms with E-state index >= 15 is 0 Å². The number of ether oxygens (including phenoxy) is 1. The Morgan fingerprint density at radius 3 is 2.46 bits per heavy atom. The van der Waals surface area contributed by atoms with Gasteiger partial charge in [0, 0.05) is 38.4 Å². The number of hydrogen-bond acceptors (Lipinski definition) is 4. The Labute approximate surface area is 159 Å². The largest absolute Gasteiger partial charge is 0.389 e. The first-order chi connectivity index (χ1) is 12.4. The quantitative estimate of drug-likeness (QED) is 0.843. The molecule has 146 valence electrons. The molecule has 0 bridgehead atoms. The second-order valence-corrected chi connectivity index (χ2v) is 9.15. The second kappa shape index (κ2) is 8.73. The molecule has 0 amide bonds. The van der Waals surface area contributed by atoms with Crippen molar-refractivity contribution < 1.29 is 9.84 Å². The van der Waals surface area contributed by atoms with Crippen LogP contribution in [0.5, 0.6) is 0 Å². The first kappa shape index (κ1) is 19.7. The Kier molecular flexibility index (Phi) is 6.60. The van der Waals surface area contributed by atoms with Crippen molar-refractivity contribution in [3.05, 3.63) is 30.3 Å². The molecule has 1 saturated carbocycles. The number of benzene rings is 1. The van der Waals surface area contributed by atoms with E-state index in [0.29, 0.717) is 30.6 Å². The summed E-state index contributed by atoms with van der Waals surface area (Å²) in [7, 11) is 0. The molecule has 1 aliphatic heterocycles. The zero-order chi connectivity index (χ0) is 18.6. The topological polar surface area (TPSA) is 35.9 Å². The van der Waals surface area contributed by atoms with Crippen molar-refractivity contribution in [1.29, 1.82) is 0 Å². The van der Waals surface area contributed by atoms with Crippen LogP contribution in [-0.2, 0) is 4.74 Å². The van der Waals surface area contributed by atoms with Crippen molar-refractivity contribution in [3.8, 4) is 0 Å². The molecule has 0 spiro atoms. The first-order valence-corrected chi connectivity index (χ1v) is 10.2. The molecule has 2 aliphatic rings. The van der Waals surface area contributed by atoms with Crippen LogP contribution in [0.1, 0.15) is 40.0 Å². The predicted octanol–water partition coefficient (Wildman–Crippen LogP) is 3.40. The highest BCUT2D eigenvalue weighted by molar-refractivity contribution is 5.46. The van der Waals surface area contributed by atoms with Crippen molar-refractivity contribution in [2.75, 3.05) is 44.2 Å². The fourth-order valence-corrected chi connectivity index (χ4v) is 4.81. The fourth-order valence-electron chi connectivity index (χ4n) is 4.81. The van der Waals surface area contributed by atoms with Gasteiger partial charge in [-0.1, -0.05) is 39.0 Å². The lowest BCUT2D eigenvalue weighted by molar-refractivity contribution is -0.0615. The lowest BCUT2D eigenvalue weighted by atomic mass is 9.71. The minimum Gasteiger partial charge on any atom is -0.389 e. The van der Waals surface area contributed by atoms with Gasteiger partial charge in [0.25, 0.3) is 0 Å². The van der Waals surface area contributed by atoms with E-state index in [9.17, 15) is 5.11 Å². The molecule has 1 aromatic carbocycles. The normalized spacial score (nSPS) is 28.1. The Hall–Kier alpha value is -1.10. The van der Waals surface area contributed by atoms with Crippen LogP contribution in [0.25, 0.3) is 0 Å². The summed E-state index contributed by atoms with van der Waals surface area (Å²) < 4.78 is 6.10. The van der Waals surface area contributed by atoms with Gasteiger partial charge >= 0.3 is 0 Å². The molecule has 1 heterocycles. The molecule has 1 aromatic rings. The minimum absolute atomic E-state index is 0.304. The number of nitrogens with zero attached hydrogens (tertiary/aromatic N) is 2. The molecule has 1 N–H and O–H groups in total. The number of aliphatic hydroxyl groups is 1. The average Bonchev–Trinajstić information content (AvgIpc) is 2.60.